The number of Topliss-reactive ketones (excluding diaryl/α,β-unsaturated/α-hetero) is 1. The van der Waals surface area contributed by atoms with Gasteiger partial charge in [-0.15, -0.1) is 0 Å². The van der Waals surface area contributed by atoms with Gasteiger partial charge >= 0.3 is 5.97 Å². The molecule has 184 valence electrons. The van der Waals surface area contributed by atoms with Crippen LogP contribution in [0, 0.1) is 5.92 Å². The van der Waals surface area contributed by atoms with Gasteiger partial charge in [0.25, 0.3) is 11.8 Å². The standard InChI is InChI=1S/C24H25N3O8/c1-14(28)15-4-7-18(8-5-15)25-21(29)13-35-24(32)17-11-22(30)27(12-17)26-23(31)16-6-9-19(33-2)20(10-16)34-3/h4-10,17H,11-13H2,1-3H3,(H,25,29)(H,26,31)/t17-/m1/s1. The van der Waals surface area contributed by atoms with Crippen molar-refractivity contribution in [2.45, 2.75) is 13.3 Å². The lowest BCUT2D eigenvalue weighted by atomic mass is 10.1. The maximum Gasteiger partial charge on any atom is 0.311 e. The highest BCUT2D eigenvalue weighted by Gasteiger charge is 2.36. The SMILES string of the molecule is COc1ccc(C(=O)NN2C[C@H](C(=O)OCC(=O)Nc3ccc(C(C)=O)cc3)CC2=O)cc1OC. The average molecular weight is 483 g/mol. The molecule has 3 rings (SSSR count). The molecule has 1 aliphatic heterocycles. The Morgan fingerprint density at radius 1 is 0.971 bits per heavy atom. The first-order chi connectivity index (χ1) is 16.7. The van der Waals surface area contributed by atoms with Gasteiger partial charge in [-0.2, -0.15) is 0 Å². The Bertz CT molecular complexity index is 1150. The number of esters is 1. The molecule has 2 aromatic carbocycles. The van der Waals surface area contributed by atoms with E-state index in [4.69, 9.17) is 14.2 Å². The van der Waals surface area contributed by atoms with Crippen molar-refractivity contribution < 1.29 is 38.2 Å². The lowest BCUT2D eigenvalue weighted by molar-refractivity contribution is -0.151. The number of ether oxygens (including phenoxy) is 3. The third kappa shape index (κ3) is 6.34. The Kier molecular flexibility index (Phi) is 8.03. The summed E-state index contributed by atoms with van der Waals surface area (Å²) in [6.45, 7) is 0.796. The van der Waals surface area contributed by atoms with E-state index in [2.05, 4.69) is 10.7 Å². The number of anilines is 1. The smallest absolute Gasteiger partial charge is 0.311 e. The molecule has 2 aromatic rings. The minimum absolute atomic E-state index is 0.0924. The molecule has 35 heavy (non-hydrogen) atoms. The van der Waals surface area contributed by atoms with Gasteiger partial charge in [0.05, 0.1) is 26.7 Å². The van der Waals surface area contributed by atoms with Crippen molar-refractivity contribution in [2.24, 2.45) is 5.92 Å². The molecule has 1 heterocycles. The summed E-state index contributed by atoms with van der Waals surface area (Å²) in [7, 11) is 2.90. The number of carbonyl (C=O) groups excluding carboxylic acids is 5. The van der Waals surface area contributed by atoms with E-state index in [-0.39, 0.29) is 24.3 Å². The van der Waals surface area contributed by atoms with Crippen LogP contribution in [0.1, 0.15) is 34.1 Å². The fourth-order valence-corrected chi connectivity index (χ4v) is 3.38. The Hall–Kier alpha value is -4.41. The zero-order chi connectivity index (χ0) is 25.5. The predicted molar refractivity (Wildman–Crippen MR) is 123 cm³/mol. The number of benzene rings is 2. The van der Waals surface area contributed by atoms with Crippen LogP contribution in [-0.4, -0.2) is 61.9 Å². The van der Waals surface area contributed by atoms with E-state index in [9.17, 15) is 24.0 Å². The van der Waals surface area contributed by atoms with E-state index in [0.717, 1.165) is 5.01 Å². The van der Waals surface area contributed by atoms with E-state index in [1.165, 1.54) is 33.3 Å². The summed E-state index contributed by atoms with van der Waals surface area (Å²) in [4.78, 5) is 60.6. The molecule has 0 aromatic heterocycles. The maximum atomic E-state index is 12.5. The Balaban J connectivity index is 1.49. The summed E-state index contributed by atoms with van der Waals surface area (Å²) in [6, 6.07) is 10.8. The van der Waals surface area contributed by atoms with Crippen LogP contribution in [0.5, 0.6) is 11.5 Å². The number of hydrazine groups is 1. The van der Waals surface area contributed by atoms with Crippen molar-refractivity contribution in [2.75, 3.05) is 32.7 Å². The predicted octanol–water partition coefficient (Wildman–Crippen LogP) is 1.58. The summed E-state index contributed by atoms with van der Waals surface area (Å²) in [5.74, 6) is -2.48. The van der Waals surface area contributed by atoms with Gasteiger partial charge in [-0.05, 0) is 49.4 Å². The molecule has 0 aliphatic carbocycles. The first-order valence-corrected chi connectivity index (χ1v) is 10.6. The number of hydrogen-bond acceptors (Lipinski definition) is 8. The number of methoxy groups -OCH3 is 2. The second-order valence-electron chi connectivity index (χ2n) is 7.71. The van der Waals surface area contributed by atoms with Crippen molar-refractivity contribution in [1.82, 2.24) is 10.4 Å². The van der Waals surface area contributed by atoms with Gasteiger partial charge in [-0.3, -0.25) is 34.4 Å². The number of amides is 3. The van der Waals surface area contributed by atoms with Gasteiger partial charge in [-0.1, -0.05) is 0 Å². The van der Waals surface area contributed by atoms with Crippen LogP contribution in [-0.2, 0) is 19.1 Å². The summed E-state index contributed by atoms with van der Waals surface area (Å²) in [6.07, 6.45) is -0.167. The van der Waals surface area contributed by atoms with Crippen LogP contribution in [0.4, 0.5) is 5.69 Å². The molecule has 1 saturated heterocycles. The molecule has 1 fully saturated rings. The number of nitrogens with zero attached hydrogens (tertiary/aromatic N) is 1. The minimum atomic E-state index is -0.837. The molecule has 0 bridgehead atoms. The number of hydrogen-bond donors (Lipinski definition) is 2. The van der Waals surface area contributed by atoms with Gasteiger partial charge in [0.15, 0.2) is 23.9 Å². The second kappa shape index (κ2) is 11.1. The normalized spacial score (nSPS) is 14.8. The first kappa shape index (κ1) is 25.2. The van der Waals surface area contributed by atoms with Gasteiger partial charge < -0.3 is 19.5 Å². The van der Waals surface area contributed by atoms with Crippen molar-refractivity contribution in [1.29, 1.82) is 0 Å². The quantitative estimate of drug-likeness (QED) is 0.405. The molecular formula is C24H25N3O8. The first-order valence-electron chi connectivity index (χ1n) is 10.6. The van der Waals surface area contributed by atoms with Gasteiger partial charge in [0.1, 0.15) is 0 Å². The molecule has 3 amide bonds. The van der Waals surface area contributed by atoms with Gasteiger partial charge in [0.2, 0.25) is 5.91 Å². The fraction of sp³-hybridized carbons (Fsp3) is 0.292. The molecule has 11 heteroatoms. The molecule has 1 aliphatic rings. The highest BCUT2D eigenvalue weighted by atomic mass is 16.5. The van der Waals surface area contributed by atoms with Crippen LogP contribution in [0.2, 0.25) is 0 Å². The van der Waals surface area contributed by atoms with Crippen molar-refractivity contribution in [3.63, 3.8) is 0 Å². The largest absolute Gasteiger partial charge is 0.493 e. The van der Waals surface area contributed by atoms with E-state index < -0.39 is 36.2 Å². The number of nitrogens with one attached hydrogen (secondary N) is 2. The fourth-order valence-electron chi connectivity index (χ4n) is 3.38. The number of rotatable bonds is 9. The monoisotopic (exact) mass is 483 g/mol. The molecule has 0 spiro atoms. The Labute approximate surface area is 201 Å². The number of ketones is 1. The summed E-state index contributed by atoms with van der Waals surface area (Å²) >= 11 is 0. The topological polar surface area (TPSA) is 140 Å². The van der Waals surface area contributed by atoms with Crippen LogP contribution in [0.15, 0.2) is 42.5 Å². The second-order valence-corrected chi connectivity index (χ2v) is 7.71. The average Bonchev–Trinajstić information content (AvgIpc) is 3.22. The lowest BCUT2D eigenvalue weighted by Crippen LogP contribution is -2.43. The zero-order valence-electron chi connectivity index (χ0n) is 19.5. The van der Waals surface area contributed by atoms with Crippen molar-refractivity contribution in [3.05, 3.63) is 53.6 Å². The van der Waals surface area contributed by atoms with Gasteiger partial charge in [-0.25, -0.2) is 0 Å². The highest BCUT2D eigenvalue weighted by Crippen LogP contribution is 2.27. The van der Waals surface area contributed by atoms with Crippen LogP contribution in [0.25, 0.3) is 0 Å². The van der Waals surface area contributed by atoms with Crippen LogP contribution >= 0.6 is 0 Å². The third-order valence-corrected chi connectivity index (χ3v) is 5.26. The molecule has 11 nitrogen and oxygen atoms in total. The zero-order valence-corrected chi connectivity index (χ0v) is 19.5. The van der Waals surface area contributed by atoms with E-state index in [0.29, 0.717) is 22.7 Å². The van der Waals surface area contributed by atoms with Gasteiger partial charge in [0, 0.05) is 23.2 Å². The maximum absolute atomic E-state index is 12.5. The molecule has 0 unspecified atom stereocenters. The van der Waals surface area contributed by atoms with Crippen LogP contribution in [0.3, 0.4) is 0 Å². The Morgan fingerprint density at radius 2 is 1.63 bits per heavy atom. The summed E-state index contributed by atoms with van der Waals surface area (Å²) in [5, 5.41) is 3.60. The molecule has 2 N–H and O–H groups in total. The summed E-state index contributed by atoms with van der Waals surface area (Å²) in [5.41, 5.74) is 3.64. The number of carbonyl (C=O) groups is 5. The third-order valence-electron chi connectivity index (χ3n) is 5.26. The van der Waals surface area contributed by atoms with Crippen LogP contribution < -0.4 is 20.2 Å². The molecule has 0 saturated carbocycles. The summed E-state index contributed by atoms with van der Waals surface area (Å²) < 4.78 is 15.3. The van der Waals surface area contributed by atoms with E-state index >= 15 is 0 Å². The van der Waals surface area contributed by atoms with E-state index in [1.807, 2.05) is 0 Å². The van der Waals surface area contributed by atoms with Crippen molar-refractivity contribution >= 4 is 35.2 Å². The lowest BCUT2D eigenvalue weighted by Gasteiger charge is -2.18. The van der Waals surface area contributed by atoms with E-state index in [1.54, 1.807) is 30.3 Å². The minimum Gasteiger partial charge on any atom is -0.493 e. The molecule has 1 atom stereocenters. The molecule has 0 radical (unpaired) electrons. The highest BCUT2D eigenvalue weighted by molar-refractivity contribution is 5.98. The Morgan fingerprint density at radius 3 is 2.26 bits per heavy atom. The molecular weight excluding hydrogens is 458 g/mol. The van der Waals surface area contributed by atoms with Crippen molar-refractivity contribution in [3.8, 4) is 11.5 Å².